The van der Waals surface area contributed by atoms with E-state index < -0.39 is 10.0 Å². The third-order valence-electron chi connectivity index (χ3n) is 4.66. The summed E-state index contributed by atoms with van der Waals surface area (Å²) in [6.45, 7) is 0.340. The van der Waals surface area contributed by atoms with Crippen molar-refractivity contribution >= 4 is 37.5 Å². The van der Waals surface area contributed by atoms with Crippen molar-refractivity contribution in [3.05, 3.63) is 53.0 Å². The number of aromatic nitrogens is 1. The highest BCUT2D eigenvalue weighted by Gasteiger charge is 2.30. The Morgan fingerprint density at radius 1 is 1.28 bits per heavy atom. The maximum Gasteiger partial charge on any atom is 0.254 e. The first-order chi connectivity index (χ1) is 13.9. The number of methoxy groups -OCH3 is 1. The van der Waals surface area contributed by atoms with Crippen molar-refractivity contribution < 1.29 is 17.9 Å². The van der Waals surface area contributed by atoms with Crippen LogP contribution in [0.1, 0.15) is 28.2 Å². The molecule has 0 aliphatic heterocycles. The molecule has 0 radical (unpaired) electrons. The van der Waals surface area contributed by atoms with Crippen LogP contribution in [0.4, 0.5) is 0 Å². The molecular weight excluding hydrogens is 410 g/mol. The summed E-state index contributed by atoms with van der Waals surface area (Å²) < 4.78 is 34.2. The number of carbonyl (C=O) groups is 1. The predicted octanol–water partition coefficient (Wildman–Crippen LogP) is 3.02. The monoisotopic (exact) mass is 431 g/mol. The number of fused-ring (bicyclic) bond motifs is 1. The van der Waals surface area contributed by atoms with Crippen molar-refractivity contribution in [3.8, 4) is 5.75 Å². The molecule has 0 saturated heterocycles. The van der Waals surface area contributed by atoms with Crippen LogP contribution in [0.5, 0.6) is 5.75 Å². The van der Waals surface area contributed by atoms with Gasteiger partial charge in [0.15, 0.2) is 0 Å². The van der Waals surface area contributed by atoms with Crippen molar-refractivity contribution in [1.29, 1.82) is 0 Å². The van der Waals surface area contributed by atoms with Gasteiger partial charge in [0.05, 0.1) is 23.9 Å². The number of thiazole rings is 1. The number of para-hydroxylation sites is 1. The Morgan fingerprint density at radius 2 is 2.03 bits per heavy atom. The zero-order valence-electron chi connectivity index (χ0n) is 16.1. The van der Waals surface area contributed by atoms with Crippen LogP contribution in [0.25, 0.3) is 10.2 Å². The number of sulfonamides is 1. The molecule has 1 fully saturated rings. The lowest BCUT2D eigenvalue weighted by molar-refractivity contribution is 0.0784. The van der Waals surface area contributed by atoms with Crippen molar-refractivity contribution in [1.82, 2.24) is 14.6 Å². The van der Waals surface area contributed by atoms with Gasteiger partial charge in [-0.3, -0.25) is 4.79 Å². The molecule has 1 aliphatic rings. The Morgan fingerprint density at radius 3 is 2.72 bits per heavy atom. The fourth-order valence-electron chi connectivity index (χ4n) is 2.99. The van der Waals surface area contributed by atoms with E-state index >= 15 is 0 Å². The minimum atomic E-state index is -3.75. The molecule has 2 aromatic carbocycles. The van der Waals surface area contributed by atoms with Gasteiger partial charge < -0.3 is 9.64 Å². The SMILES string of the molecule is COc1ccc(C(=O)N(C)Cc2nc3ccccc3s2)cc1S(=O)(=O)NC1CC1. The van der Waals surface area contributed by atoms with Gasteiger partial charge in [-0.05, 0) is 43.2 Å². The summed E-state index contributed by atoms with van der Waals surface area (Å²) in [5.74, 6) is -0.0710. The topological polar surface area (TPSA) is 88.6 Å². The normalized spacial score (nSPS) is 14.1. The van der Waals surface area contributed by atoms with E-state index in [4.69, 9.17) is 4.74 Å². The molecule has 9 heteroatoms. The first kappa shape index (κ1) is 19.8. The van der Waals surface area contributed by atoms with Crippen LogP contribution >= 0.6 is 11.3 Å². The number of hydrogen-bond donors (Lipinski definition) is 1. The summed E-state index contributed by atoms with van der Waals surface area (Å²) in [6.07, 6.45) is 1.65. The summed E-state index contributed by atoms with van der Waals surface area (Å²) in [5.41, 5.74) is 1.18. The molecular formula is C20H21N3O4S2. The minimum Gasteiger partial charge on any atom is -0.495 e. The van der Waals surface area contributed by atoms with E-state index in [0.29, 0.717) is 6.54 Å². The van der Waals surface area contributed by atoms with Gasteiger partial charge in [-0.1, -0.05) is 12.1 Å². The molecule has 1 aliphatic carbocycles. The lowest BCUT2D eigenvalue weighted by Crippen LogP contribution is -2.28. The van der Waals surface area contributed by atoms with Crippen LogP contribution in [0.15, 0.2) is 47.4 Å². The number of amides is 1. The Balaban J connectivity index is 1.57. The molecule has 1 aromatic heterocycles. The summed E-state index contributed by atoms with van der Waals surface area (Å²) in [7, 11) is -0.669. The largest absolute Gasteiger partial charge is 0.495 e. The number of rotatable bonds is 7. The quantitative estimate of drug-likeness (QED) is 0.621. The number of benzene rings is 2. The maximum absolute atomic E-state index is 12.9. The van der Waals surface area contributed by atoms with E-state index in [1.165, 1.54) is 35.5 Å². The highest BCUT2D eigenvalue weighted by atomic mass is 32.2. The third kappa shape index (κ3) is 4.26. The van der Waals surface area contributed by atoms with Crippen molar-refractivity contribution in [2.45, 2.75) is 30.3 Å². The van der Waals surface area contributed by atoms with Crippen LogP contribution in [0.2, 0.25) is 0 Å². The molecule has 0 bridgehead atoms. The number of hydrogen-bond acceptors (Lipinski definition) is 6. The van der Waals surface area contributed by atoms with Crippen LogP contribution in [-0.4, -0.2) is 44.4 Å². The zero-order chi connectivity index (χ0) is 20.6. The molecule has 1 saturated carbocycles. The lowest BCUT2D eigenvalue weighted by atomic mass is 10.2. The van der Waals surface area contributed by atoms with Crippen LogP contribution in [0, 0.1) is 0 Å². The molecule has 3 aromatic rings. The highest BCUT2D eigenvalue weighted by Crippen LogP contribution is 2.29. The Kier molecular flexibility index (Phi) is 5.28. The maximum atomic E-state index is 12.9. The summed E-state index contributed by atoms with van der Waals surface area (Å²) in [5, 5.41) is 0.818. The summed E-state index contributed by atoms with van der Waals surface area (Å²) >= 11 is 1.53. The third-order valence-corrected chi connectivity index (χ3v) is 7.22. The molecule has 1 N–H and O–H groups in total. The first-order valence-electron chi connectivity index (χ1n) is 9.17. The Labute approximate surface area is 173 Å². The first-order valence-corrected chi connectivity index (χ1v) is 11.5. The van der Waals surface area contributed by atoms with Crippen LogP contribution < -0.4 is 9.46 Å². The lowest BCUT2D eigenvalue weighted by Gasteiger charge is -2.17. The number of nitrogens with one attached hydrogen (secondary N) is 1. The molecule has 0 spiro atoms. The van der Waals surface area contributed by atoms with E-state index in [0.717, 1.165) is 28.1 Å². The minimum absolute atomic E-state index is 0.0221. The number of nitrogens with zero attached hydrogens (tertiary/aromatic N) is 2. The van der Waals surface area contributed by atoms with Gasteiger partial charge in [0.1, 0.15) is 15.7 Å². The van der Waals surface area contributed by atoms with Gasteiger partial charge in [-0.15, -0.1) is 11.3 Å². The van der Waals surface area contributed by atoms with Gasteiger partial charge in [0, 0.05) is 18.7 Å². The highest BCUT2D eigenvalue weighted by molar-refractivity contribution is 7.89. The predicted molar refractivity (Wildman–Crippen MR) is 112 cm³/mol. The number of carbonyl (C=O) groups excluding carboxylic acids is 1. The molecule has 0 atom stereocenters. The summed E-state index contributed by atoms with van der Waals surface area (Å²) in [4.78, 5) is 19.0. The zero-order valence-corrected chi connectivity index (χ0v) is 17.7. The molecule has 29 heavy (non-hydrogen) atoms. The van der Waals surface area contributed by atoms with E-state index in [-0.39, 0.29) is 28.2 Å². The Hall–Kier alpha value is -2.49. The van der Waals surface area contributed by atoms with Gasteiger partial charge >= 0.3 is 0 Å². The Bertz CT molecular complexity index is 1140. The van der Waals surface area contributed by atoms with Crippen molar-refractivity contribution in [2.75, 3.05) is 14.2 Å². The number of ether oxygens (including phenoxy) is 1. The van der Waals surface area contributed by atoms with Crippen LogP contribution in [-0.2, 0) is 16.6 Å². The van der Waals surface area contributed by atoms with Gasteiger partial charge in [-0.25, -0.2) is 18.1 Å². The molecule has 1 heterocycles. The second-order valence-corrected chi connectivity index (χ2v) is 9.80. The van der Waals surface area contributed by atoms with Gasteiger partial charge in [0.2, 0.25) is 10.0 Å². The van der Waals surface area contributed by atoms with Crippen LogP contribution in [0.3, 0.4) is 0 Å². The van der Waals surface area contributed by atoms with Crippen molar-refractivity contribution in [2.24, 2.45) is 0 Å². The van der Waals surface area contributed by atoms with E-state index in [2.05, 4.69) is 9.71 Å². The average Bonchev–Trinajstić information content (AvgIpc) is 3.41. The summed E-state index contributed by atoms with van der Waals surface area (Å²) in [6, 6.07) is 12.2. The van der Waals surface area contributed by atoms with Gasteiger partial charge in [0.25, 0.3) is 5.91 Å². The smallest absolute Gasteiger partial charge is 0.254 e. The molecule has 4 rings (SSSR count). The molecule has 7 nitrogen and oxygen atoms in total. The molecule has 152 valence electrons. The van der Waals surface area contributed by atoms with E-state index in [1.54, 1.807) is 13.1 Å². The standard InChI is InChI=1S/C20H21N3O4S2/c1-23(12-19-21-15-5-3-4-6-17(15)28-19)20(24)13-7-10-16(27-2)18(11-13)29(25,26)22-14-8-9-14/h3-7,10-11,14,22H,8-9,12H2,1-2H3. The second kappa shape index (κ2) is 7.74. The van der Waals surface area contributed by atoms with Crippen molar-refractivity contribution in [3.63, 3.8) is 0 Å². The van der Waals surface area contributed by atoms with E-state index in [1.807, 2.05) is 24.3 Å². The second-order valence-electron chi connectivity index (χ2n) is 7.00. The molecule has 1 amide bonds. The van der Waals surface area contributed by atoms with E-state index in [9.17, 15) is 13.2 Å². The molecule has 0 unspecified atom stereocenters. The fraction of sp³-hybridized carbons (Fsp3) is 0.300. The average molecular weight is 432 g/mol. The fourth-order valence-corrected chi connectivity index (χ4v) is 5.51. The van der Waals surface area contributed by atoms with Gasteiger partial charge in [-0.2, -0.15) is 0 Å².